The summed E-state index contributed by atoms with van der Waals surface area (Å²) in [6.07, 6.45) is 8.72. The van der Waals surface area contributed by atoms with E-state index < -0.39 is 0 Å². The Labute approximate surface area is 115 Å². The van der Waals surface area contributed by atoms with Gasteiger partial charge in [0.15, 0.2) is 5.79 Å². The van der Waals surface area contributed by atoms with Crippen LogP contribution in [0.1, 0.15) is 51.4 Å². The van der Waals surface area contributed by atoms with Gasteiger partial charge < -0.3 is 19.9 Å². The van der Waals surface area contributed by atoms with Crippen molar-refractivity contribution in [2.24, 2.45) is 5.92 Å². The van der Waals surface area contributed by atoms with Crippen LogP contribution in [0.4, 0.5) is 0 Å². The Balaban J connectivity index is 1.37. The van der Waals surface area contributed by atoms with Crippen molar-refractivity contribution in [2.75, 3.05) is 19.8 Å². The maximum atomic E-state index is 9.70. The lowest BCUT2D eigenvalue weighted by atomic mass is 9.86. The summed E-state index contributed by atoms with van der Waals surface area (Å²) in [5.74, 6) is 0.428. The summed E-state index contributed by atoms with van der Waals surface area (Å²) in [6, 6.07) is 0.609. The first-order valence-electron chi connectivity index (χ1n) is 7.95. The molecule has 0 amide bonds. The van der Waals surface area contributed by atoms with E-state index in [2.05, 4.69) is 5.32 Å². The Kier molecular flexibility index (Phi) is 4.42. The zero-order chi connectivity index (χ0) is 13.1. The summed E-state index contributed by atoms with van der Waals surface area (Å²) in [5, 5.41) is 13.4. The number of rotatable bonds is 3. The first-order chi connectivity index (χ1) is 9.26. The van der Waals surface area contributed by atoms with E-state index in [4.69, 9.17) is 9.47 Å². The third-order valence-corrected chi connectivity index (χ3v) is 5.01. The van der Waals surface area contributed by atoms with Gasteiger partial charge in [-0.1, -0.05) is 6.42 Å². The standard InChI is InChI=1S/C15H27NO3/c17-14-3-1-2-12(10-14)11-16-13-4-6-15(7-5-13)18-8-9-19-15/h12-14,16-17H,1-11H2. The smallest absolute Gasteiger partial charge is 0.168 e. The van der Waals surface area contributed by atoms with Crippen LogP contribution < -0.4 is 5.32 Å². The lowest BCUT2D eigenvalue weighted by Crippen LogP contribution is -2.43. The summed E-state index contributed by atoms with van der Waals surface area (Å²) in [7, 11) is 0. The van der Waals surface area contributed by atoms with Crippen molar-refractivity contribution in [3.05, 3.63) is 0 Å². The summed E-state index contributed by atoms with van der Waals surface area (Å²) in [6.45, 7) is 2.59. The maximum Gasteiger partial charge on any atom is 0.168 e. The predicted molar refractivity (Wildman–Crippen MR) is 72.9 cm³/mol. The molecule has 0 radical (unpaired) electrons. The van der Waals surface area contributed by atoms with Gasteiger partial charge in [-0.25, -0.2) is 0 Å². The highest BCUT2D eigenvalue weighted by Gasteiger charge is 2.40. The van der Waals surface area contributed by atoms with E-state index in [0.717, 1.165) is 58.3 Å². The van der Waals surface area contributed by atoms with Crippen molar-refractivity contribution in [2.45, 2.75) is 69.3 Å². The molecule has 2 aliphatic carbocycles. The molecule has 3 aliphatic rings. The quantitative estimate of drug-likeness (QED) is 0.820. The van der Waals surface area contributed by atoms with Gasteiger partial charge in [-0.05, 0) is 44.6 Å². The first-order valence-corrected chi connectivity index (χ1v) is 7.95. The topological polar surface area (TPSA) is 50.7 Å². The molecule has 0 aromatic heterocycles. The monoisotopic (exact) mass is 269 g/mol. The third kappa shape index (κ3) is 3.48. The molecule has 1 aliphatic heterocycles. The molecule has 1 saturated heterocycles. The molecule has 1 heterocycles. The van der Waals surface area contributed by atoms with E-state index in [-0.39, 0.29) is 11.9 Å². The van der Waals surface area contributed by atoms with Gasteiger partial charge in [0.1, 0.15) is 0 Å². The minimum atomic E-state index is -0.237. The maximum absolute atomic E-state index is 9.70. The van der Waals surface area contributed by atoms with Crippen molar-refractivity contribution in [1.29, 1.82) is 0 Å². The van der Waals surface area contributed by atoms with E-state index in [1.165, 1.54) is 12.8 Å². The van der Waals surface area contributed by atoms with Crippen LogP contribution in [0.25, 0.3) is 0 Å². The van der Waals surface area contributed by atoms with Crippen LogP contribution in [0, 0.1) is 5.92 Å². The summed E-state index contributed by atoms with van der Waals surface area (Å²) in [4.78, 5) is 0. The molecule has 0 aromatic carbocycles. The Morgan fingerprint density at radius 3 is 2.47 bits per heavy atom. The first kappa shape index (κ1) is 13.8. The Morgan fingerprint density at radius 1 is 1.05 bits per heavy atom. The Morgan fingerprint density at radius 2 is 1.79 bits per heavy atom. The fourth-order valence-electron chi connectivity index (χ4n) is 3.83. The molecule has 2 unspecified atom stereocenters. The summed E-state index contributed by atoms with van der Waals surface area (Å²) < 4.78 is 11.5. The molecule has 0 bridgehead atoms. The number of ether oxygens (including phenoxy) is 2. The van der Waals surface area contributed by atoms with Crippen LogP contribution in [-0.4, -0.2) is 42.8 Å². The van der Waals surface area contributed by atoms with E-state index in [1.807, 2.05) is 0 Å². The second-order valence-corrected chi connectivity index (χ2v) is 6.48. The molecule has 2 atom stereocenters. The van der Waals surface area contributed by atoms with Gasteiger partial charge in [-0.2, -0.15) is 0 Å². The zero-order valence-electron chi connectivity index (χ0n) is 11.8. The van der Waals surface area contributed by atoms with Gasteiger partial charge >= 0.3 is 0 Å². The Bertz CT molecular complexity index is 281. The average Bonchev–Trinajstić information content (AvgIpc) is 2.87. The van der Waals surface area contributed by atoms with Gasteiger partial charge in [-0.15, -0.1) is 0 Å². The van der Waals surface area contributed by atoms with Crippen LogP contribution in [-0.2, 0) is 9.47 Å². The van der Waals surface area contributed by atoms with Crippen molar-refractivity contribution in [3.8, 4) is 0 Å². The minimum absolute atomic E-state index is 0.0598. The van der Waals surface area contributed by atoms with Crippen molar-refractivity contribution < 1.29 is 14.6 Å². The zero-order valence-corrected chi connectivity index (χ0v) is 11.8. The Hall–Kier alpha value is -0.160. The molecule has 2 saturated carbocycles. The van der Waals surface area contributed by atoms with E-state index >= 15 is 0 Å². The minimum Gasteiger partial charge on any atom is -0.393 e. The highest BCUT2D eigenvalue weighted by molar-refractivity contribution is 4.86. The lowest BCUT2D eigenvalue weighted by molar-refractivity contribution is -0.179. The van der Waals surface area contributed by atoms with Crippen LogP contribution >= 0.6 is 0 Å². The van der Waals surface area contributed by atoms with Gasteiger partial charge in [0.25, 0.3) is 0 Å². The lowest BCUT2D eigenvalue weighted by Gasteiger charge is -2.36. The van der Waals surface area contributed by atoms with Gasteiger partial charge in [0.05, 0.1) is 19.3 Å². The van der Waals surface area contributed by atoms with E-state index in [0.29, 0.717) is 12.0 Å². The molecule has 1 spiro atoms. The van der Waals surface area contributed by atoms with Crippen LogP contribution in [0.5, 0.6) is 0 Å². The van der Waals surface area contributed by atoms with Crippen LogP contribution in [0.2, 0.25) is 0 Å². The molecule has 19 heavy (non-hydrogen) atoms. The largest absolute Gasteiger partial charge is 0.393 e. The molecule has 3 rings (SSSR count). The van der Waals surface area contributed by atoms with Crippen LogP contribution in [0.15, 0.2) is 0 Å². The highest BCUT2D eigenvalue weighted by Crippen LogP contribution is 2.35. The van der Waals surface area contributed by atoms with Gasteiger partial charge in [0.2, 0.25) is 0 Å². The number of nitrogens with one attached hydrogen (secondary N) is 1. The fraction of sp³-hybridized carbons (Fsp3) is 1.00. The van der Waals surface area contributed by atoms with Gasteiger partial charge in [-0.3, -0.25) is 0 Å². The number of hydrogen-bond donors (Lipinski definition) is 2. The van der Waals surface area contributed by atoms with Crippen LogP contribution in [0.3, 0.4) is 0 Å². The fourth-order valence-corrected chi connectivity index (χ4v) is 3.83. The second kappa shape index (κ2) is 6.08. The molecule has 2 N–H and O–H groups in total. The molecule has 4 nitrogen and oxygen atoms in total. The molecule has 3 fully saturated rings. The molecular formula is C15H27NO3. The molecule has 110 valence electrons. The predicted octanol–water partition coefficient (Wildman–Crippen LogP) is 1.81. The van der Waals surface area contributed by atoms with Gasteiger partial charge in [0, 0.05) is 18.9 Å². The molecule has 0 aromatic rings. The van der Waals surface area contributed by atoms with Crippen molar-refractivity contribution in [1.82, 2.24) is 5.32 Å². The molecular weight excluding hydrogens is 242 g/mol. The highest BCUT2D eigenvalue weighted by atomic mass is 16.7. The number of aliphatic hydroxyl groups excluding tert-OH is 1. The third-order valence-electron chi connectivity index (χ3n) is 5.01. The SMILES string of the molecule is OC1CCCC(CNC2CCC3(CC2)OCCO3)C1. The average molecular weight is 269 g/mol. The second-order valence-electron chi connectivity index (χ2n) is 6.48. The van der Waals surface area contributed by atoms with Crippen molar-refractivity contribution >= 4 is 0 Å². The van der Waals surface area contributed by atoms with Crippen molar-refractivity contribution in [3.63, 3.8) is 0 Å². The van der Waals surface area contributed by atoms with E-state index in [9.17, 15) is 5.11 Å². The summed E-state index contributed by atoms with van der Waals surface area (Å²) >= 11 is 0. The number of aliphatic hydroxyl groups is 1. The van der Waals surface area contributed by atoms with E-state index in [1.54, 1.807) is 0 Å². The number of hydrogen-bond acceptors (Lipinski definition) is 4. The molecule has 4 heteroatoms. The normalized spacial score (nSPS) is 35.8. The summed E-state index contributed by atoms with van der Waals surface area (Å²) in [5.41, 5.74) is 0.